The molecule has 1 aromatic heterocycles. The second kappa shape index (κ2) is 6.11. The molecule has 1 atom stereocenters. The van der Waals surface area contributed by atoms with Crippen molar-refractivity contribution in [1.29, 1.82) is 0 Å². The number of thiophene rings is 1. The molecule has 0 saturated carbocycles. The number of benzene rings is 1. The van der Waals surface area contributed by atoms with Gasteiger partial charge in [-0.3, -0.25) is 0 Å². The average Bonchev–Trinajstić information content (AvgIpc) is 2.70. The molecule has 0 saturated heterocycles. The molecule has 1 heterocycles. The molecule has 2 rings (SSSR count). The zero-order valence-electron chi connectivity index (χ0n) is 10.2. The second-order valence-electron chi connectivity index (χ2n) is 4.05. The summed E-state index contributed by atoms with van der Waals surface area (Å²) in [6.07, 6.45) is 0. The van der Waals surface area contributed by atoms with Gasteiger partial charge in [-0.15, -0.1) is 11.3 Å². The van der Waals surface area contributed by atoms with E-state index >= 15 is 0 Å². The molecule has 8 heteroatoms. The molecule has 0 aliphatic carbocycles. The van der Waals surface area contributed by atoms with Gasteiger partial charge in [0.25, 0.3) is 10.0 Å². The lowest BCUT2D eigenvalue weighted by atomic mass is 10.1. The molecule has 0 radical (unpaired) electrons. The standard InChI is InChI=1S/C12H10BrClFNO2S2/c1-7(8-4-2-3-5-10(8)15)16-20(17,18)11-6-9(14)12(13)19-11/h2-7,16H,1H3. The summed E-state index contributed by atoms with van der Waals surface area (Å²) in [6, 6.07) is 6.71. The molecule has 0 spiro atoms. The summed E-state index contributed by atoms with van der Waals surface area (Å²) >= 11 is 9.99. The summed E-state index contributed by atoms with van der Waals surface area (Å²) in [5.74, 6) is -0.451. The van der Waals surface area contributed by atoms with Crippen molar-refractivity contribution in [2.24, 2.45) is 0 Å². The van der Waals surface area contributed by atoms with Crippen LogP contribution in [0.15, 0.2) is 38.3 Å². The molecule has 2 aromatic rings. The van der Waals surface area contributed by atoms with E-state index in [2.05, 4.69) is 20.7 Å². The first kappa shape index (κ1) is 15.9. The highest BCUT2D eigenvalue weighted by molar-refractivity contribution is 9.11. The fourth-order valence-corrected chi connectivity index (χ4v) is 5.28. The Bertz CT molecular complexity index is 713. The molecule has 1 unspecified atom stereocenters. The quantitative estimate of drug-likeness (QED) is 0.832. The Morgan fingerprint density at radius 2 is 2.05 bits per heavy atom. The summed E-state index contributed by atoms with van der Waals surface area (Å²) < 4.78 is 41.1. The molecular weight excluding hydrogens is 389 g/mol. The molecule has 0 fully saturated rings. The highest BCUT2D eigenvalue weighted by Gasteiger charge is 2.23. The maximum Gasteiger partial charge on any atom is 0.250 e. The Morgan fingerprint density at radius 1 is 1.40 bits per heavy atom. The molecule has 0 bridgehead atoms. The summed E-state index contributed by atoms with van der Waals surface area (Å²) in [6.45, 7) is 1.58. The van der Waals surface area contributed by atoms with E-state index in [4.69, 9.17) is 11.6 Å². The van der Waals surface area contributed by atoms with Crippen LogP contribution >= 0.6 is 38.9 Å². The van der Waals surface area contributed by atoms with E-state index in [1.807, 2.05) is 0 Å². The van der Waals surface area contributed by atoms with Crippen molar-refractivity contribution in [2.45, 2.75) is 17.2 Å². The fourth-order valence-electron chi connectivity index (χ4n) is 1.64. The molecule has 1 aromatic carbocycles. The SMILES string of the molecule is CC(NS(=O)(=O)c1cc(Cl)c(Br)s1)c1ccccc1F. The van der Waals surface area contributed by atoms with Crippen LogP contribution < -0.4 is 4.72 Å². The number of hydrogen-bond acceptors (Lipinski definition) is 3. The third-order valence-corrected chi connectivity index (χ3v) is 7.08. The average molecular weight is 399 g/mol. The Labute approximate surface area is 134 Å². The van der Waals surface area contributed by atoms with Gasteiger partial charge in [0.05, 0.1) is 8.81 Å². The van der Waals surface area contributed by atoms with E-state index in [9.17, 15) is 12.8 Å². The van der Waals surface area contributed by atoms with Crippen LogP contribution in [0.25, 0.3) is 0 Å². The van der Waals surface area contributed by atoms with Crippen molar-refractivity contribution >= 4 is 48.9 Å². The Hall–Kier alpha value is -0.470. The Morgan fingerprint density at radius 3 is 2.60 bits per heavy atom. The van der Waals surface area contributed by atoms with Crippen molar-refractivity contribution in [3.63, 3.8) is 0 Å². The van der Waals surface area contributed by atoms with Crippen LogP contribution in [0.3, 0.4) is 0 Å². The van der Waals surface area contributed by atoms with Gasteiger partial charge in [-0.05, 0) is 35.0 Å². The first-order chi connectivity index (χ1) is 9.31. The largest absolute Gasteiger partial charge is 0.250 e. The van der Waals surface area contributed by atoms with E-state index in [1.165, 1.54) is 12.1 Å². The predicted molar refractivity (Wildman–Crippen MR) is 82.2 cm³/mol. The van der Waals surface area contributed by atoms with Gasteiger partial charge in [-0.1, -0.05) is 29.8 Å². The van der Waals surface area contributed by atoms with Gasteiger partial charge in [0.15, 0.2) is 0 Å². The zero-order valence-corrected chi connectivity index (χ0v) is 14.2. The van der Waals surface area contributed by atoms with E-state index in [0.29, 0.717) is 8.81 Å². The molecule has 108 valence electrons. The lowest BCUT2D eigenvalue weighted by Crippen LogP contribution is -2.26. The van der Waals surface area contributed by atoms with Crippen molar-refractivity contribution < 1.29 is 12.8 Å². The molecule has 20 heavy (non-hydrogen) atoms. The summed E-state index contributed by atoms with van der Waals surface area (Å²) in [5.41, 5.74) is 0.290. The number of rotatable bonds is 4. The zero-order chi connectivity index (χ0) is 14.9. The topological polar surface area (TPSA) is 46.2 Å². The van der Waals surface area contributed by atoms with Gasteiger partial charge in [0, 0.05) is 11.6 Å². The maximum atomic E-state index is 13.6. The molecule has 3 nitrogen and oxygen atoms in total. The second-order valence-corrected chi connectivity index (χ2v) is 8.77. The maximum absolute atomic E-state index is 13.6. The molecule has 0 aliphatic heterocycles. The molecule has 0 amide bonds. The van der Waals surface area contributed by atoms with E-state index in [-0.39, 0.29) is 9.77 Å². The van der Waals surface area contributed by atoms with Crippen molar-refractivity contribution in [1.82, 2.24) is 4.72 Å². The monoisotopic (exact) mass is 397 g/mol. The normalized spacial score (nSPS) is 13.4. The first-order valence-electron chi connectivity index (χ1n) is 5.53. The van der Waals surface area contributed by atoms with Crippen LogP contribution in [0.4, 0.5) is 4.39 Å². The molecule has 0 aliphatic rings. The van der Waals surface area contributed by atoms with Crippen LogP contribution in [0.1, 0.15) is 18.5 Å². The van der Waals surface area contributed by atoms with E-state index in [1.54, 1.807) is 25.1 Å². The van der Waals surface area contributed by atoms with Crippen LogP contribution in [0, 0.1) is 5.82 Å². The van der Waals surface area contributed by atoms with E-state index in [0.717, 1.165) is 11.3 Å². The minimum atomic E-state index is -3.74. The highest BCUT2D eigenvalue weighted by Crippen LogP contribution is 2.35. The first-order valence-corrected chi connectivity index (χ1v) is 9.00. The molecule has 1 N–H and O–H groups in total. The van der Waals surface area contributed by atoms with Gasteiger partial charge < -0.3 is 0 Å². The third kappa shape index (κ3) is 3.40. The number of hydrogen-bond donors (Lipinski definition) is 1. The summed E-state index contributed by atoms with van der Waals surface area (Å²) in [5, 5.41) is 0.328. The van der Waals surface area contributed by atoms with Crippen molar-refractivity contribution in [3.8, 4) is 0 Å². The lowest BCUT2D eigenvalue weighted by Gasteiger charge is -2.14. The van der Waals surface area contributed by atoms with Gasteiger partial charge in [-0.25, -0.2) is 17.5 Å². The van der Waals surface area contributed by atoms with E-state index < -0.39 is 21.9 Å². The van der Waals surface area contributed by atoms with Gasteiger partial charge in [0.1, 0.15) is 10.0 Å². The Kier molecular flexibility index (Phi) is 4.86. The van der Waals surface area contributed by atoms with Gasteiger partial charge in [-0.2, -0.15) is 0 Å². The lowest BCUT2D eigenvalue weighted by molar-refractivity contribution is 0.551. The third-order valence-electron chi connectivity index (χ3n) is 2.59. The van der Waals surface area contributed by atoms with Crippen molar-refractivity contribution in [2.75, 3.05) is 0 Å². The van der Waals surface area contributed by atoms with Crippen LogP contribution in [0.2, 0.25) is 5.02 Å². The summed E-state index contributed by atoms with van der Waals surface area (Å²) in [4.78, 5) is 0. The van der Waals surface area contributed by atoms with Crippen LogP contribution in [-0.2, 0) is 10.0 Å². The highest BCUT2D eigenvalue weighted by atomic mass is 79.9. The number of halogens is 3. The smallest absolute Gasteiger partial charge is 0.207 e. The van der Waals surface area contributed by atoms with Gasteiger partial charge in [0.2, 0.25) is 0 Å². The predicted octanol–water partition coefficient (Wildman–Crippen LogP) is 4.34. The van der Waals surface area contributed by atoms with Crippen LogP contribution in [-0.4, -0.2) is 8.42 Å². The number of sulfonamides is 1. The molecular formula is C12H10BrClFNO2S2. The minimum Gasteiger partial charge on any atom is -0.207 e. The fraction of sp³-hybridized carbons (Fsp3) is 0.167. The minimum absolute atomic E-state index is 0.0811. The number of nitrogens with one attached hydrogen (secondary N) is 1. The van der Waals surface area contributed by atoms with Gasteiger partial charge >= 0.3 is 0 Å². The van der Waals surface area contributed by atoms with Crippen molar-refractivity contribution in [3.05, 3.63) is 50.5 Å². The summed E-state index contributed by atoms with van der Waals surface area (Å²) in [7, 11) is -3.74. The Balaban J connectivity index is 2.27. The van der Waals surface area contributed by atoms with Crippen LogP contribution in [0.5, 0.6) is 0 Å².